The fourth-order valence-corrected chi connectivity index (χ4v) is 4.80. The number of amides is 2. The minimum Gasteiger partial charge on any atom is -0.320 e. The van der Waals surface area contributed by atoms with E-state index in [0.29, 0.717) is 5.92 Å². The van der Waals surface area contributed by atoms with Crippen LogP contribution in [0.15, 0.2) is 54.6 Å². The molecule has 0 aromatic heterocycles. The van der Waals surface area contributed by atoms with Crippen LogP contribution in [0.2, 0.25) is 0 Å². The quantitative estimate of drug-likeness (QED) is 0.740. The number of halogens is 1. The zero-order valence-electron chi connectivity index (χ0n) is 17.6. The molecule has 2 heterocycles. The van der Waals surface area contributed by atoms with Gasteiger partial charge in [0.1, 0.15) is 5.82 Å². The highest BCUT2D eigenvalue weighted by atomic mass is 19.1. The molecular weight excluding hydrogens is 377 g/mol. The van der Waals surface area contributed by atoms with E-state index in [0.717, 1.165) is 51.1 Å². The summed E-state index contributed by atoms with van der Waals surface area (Å²) < 4.78 is 13.1. The minimum atomic E-state index is -0.165. The van der Waals surface area contributed by atoms with Gasteiger partial charge in [-0.2, -0.15) is 0 Å². The normalized spacial score (nSPS) is 20.8. The van der Waals surface area contributed by atoms with Gasteiger partial charge in [-0.3, -0.25) is 0 Å². The van der Waals surface area contributed by atoms with E-state index >= 15 is 0 Å². The highest BCUT2D eigenvalue weighted by Gasteiger charge is 2.30. The average molecular weight is 410 g/mol. The molecule has 0 radical (unpaired) electrons. The second kappa shape index (κ2) is 10.1. The number of nitrogens with one attached hydrogen (secondary N) is 1. The highest BCUT2D eigenvalue weighted by molar-refractivity contribution is 5.89. The maximum Gasteiger partial charge on any atom is 0.322 e. The van der Waals surface area contributed by atoms with Crippen LogP contribution in [-0.4, -0.2) is 48.1 Å². The van der Waals surface area contributed by atoms with Crippen molar-refractivity contribution in [3.8, 4) is 0 Å². The third kappa shape index (κ3) is 5.60. The van der Waals surface area contributed by atoms with Gasteiger partial charge < -0.3 is 15.1 Å². The van der Waals surface area contributed by atoms with Gasteiger partial charge in [0, 0.05) is 24.8 Å². The summed E-state index contributed by atoms with van der Waals surface area (Å²) in [5.74, 6) is 0.498. The van der Waals surface area contributed by atoms with Crippen LogP contribution >= 0.6 is 0 Å². The van der Waals surface area contributed by atoms with Crippen LogP contribution in [0.4, 0.5) is 14.9 Å². The number of hydrogen-bond acceptors (Lipinski definition) is 2. The molecule has 1 N–H and O–H groups in total. The number of carbonyl (C=O) groups is 1. The van der Waals surface area contributed by atoms with E-state index in [9.17, 15) is 9.18 Å². The van der Waals surface area contributed by atoms with E-state index in [-0.39, 0.29) is 17.9 Å². The lowest BCUT2D eigenvalue weighted by Gasteiger charge is -2.40. The van der Waals surface area contributed by atoms with Gasteiger partial charge in [-0.25, -0.2) is 9.18 Å². The molecule has 0 bridgehead atoms. The number of hydrogen-bond donors (Lipinski definition) is 1. The molecule has 2 fully saturated rings. The molecular formula is C25H32FN3O. The molecule has 0 spiro atoms. The van der Waals surface area contributed by atoms with Gasteiger partial charge in [-0.15, -0.1) is 0 Å². The summed E-state index contributed by atoms with van der Waals surface area (Å²) in [6, 6.07) is 17.0. The molecule has 2 saturated heterocycles. The number of anilines is 1. The SMILES string of the molecule is O=C(Nc1ccccc1)N1CCCCC1CN1CCC(Cc2ccc(F)cc2)CC1. The first-order valence-corrected chi connectivity index (χ1v) is 11.3. The second-order valence-electron chi connectivity index (χ2n) is 8.71. The van der Waals surface area contributed by atoms with Crippen LogP contribution in [0.25, 0.3) is 0 Å². The Hall–Kier alpha value is -2.40. The summed E-state index contributed by atoms with van der Waals surface area (Å²) in [6.07, 6.45) is 6.72. The number of piperidine rings is 2. The molecule has 2 aromatic rings. The Kier molecular flexibility index (Phi) is 7.00. The van der Waals surface area contributed by atoms with Crippen molar-refractivity contribution < 1.29 is 9.18 Å². The Morgan fingerprint density at radius 1 is 0.933 bits per heavy atom. The largest absolute Gasteiger partial charge is 0.322 e. The molecule has 2 aromatic carbocycles. The molecule has 5 heteroatoms. The van der Waals surface area contributed by atoms with Crippen molar-refractivity contribution in [3.63, 3.8) is 0 Å². The number of benzene rings is 2. The average Bonchev–Trinajstić information content (AvgIpc) is 2.78. The van der Waals surface area contributed by atoms with E-state index in [1.165, 1.54) is 24.8 Å². The van der Waals surface area contributed by atoms with Crippen molar-refractivity contribution >= 4 is 11.7 Å². The molecule has 2 amide bonds. The van der Waals surface area contributed by atoms with Crippen LogP contribution in [-0.2, 0) is 6.42 Å². The smallest absolute Gasteiger partial charge is 0.320 e. The summed E-state index contributed by atoms with van der Waals surface area (Å²) in [4.78, 5) is 17.4. The van der Waals surface area contributed by atoms with E-state index in [4.69, 9.17) is 0 Å². The third-order valence-electron chi connectivity index (χ3n) is 6.53. The molecule has 4 rings (SSSR count). The second-order valence-corrected chi connectivity index (χ2v) is 8.71. The monoisotopic (exact) mass is 409 g/mol. The Bertz CT molecular complexity index is 803. The Morgan fingerprint density at radius 2 is 1.67 bits per heavy atom. The van der Waals surface area contributed by atoms with Crippen molar-refractivity contribution in [3.05, 3.63) is 66.0 Å². The molecule has 0 aliphatic carbocycles. The van der Waals surface area contributed by atoms with Crippen molar-refractivity contribution in [1.29, 1.82) is 0 Å². The first-order valence-electron chi connectivity index (χ1n) is 11.3. The summed E-state index contributed by atoms with van der Waals surface area (Å²) >= 11 is 0. The summed E-state index contributed by atoms with van der Waals surface area (Å²) in [5, 5.41) is 3.06. The van der Waals surface area contributed by atoms with Crippen LogP contribution in [0.3, 0.4) is 0 Å². The summed E-state index contributed by atoms with van der Waals surface area (Å²) in [6.45, 7) is 3.96. The Balaban J connectivity index is 1.27. The van der Waals surface area contributed by atoms with Crippen molar-refractivity contribution in [2.24, 2.45) is 5.92 Å². The van der Waals surface area contributed by atoms with Crippen LogP contribution < -0.4 is 5.32 Å². The van der Waals surface area contributed by atoms with Crippen LogP contribution in [0, 0.1) is 11.7 Å². The van der Waals surface area contributed by atoms with Gasteiger partial charge >= 0.3 is 6.03 Å². The van der Waals surface area contributed by atoms with Gasteiger partial charge in [0.2, 0.25) is 0 Å². The zero-order valence-corrected chi connectivity index (χ0v) is 17.6. The van der Waals surface area contributed by atoms with Crippen LogP contribution in [0.5, 0.6) is 0 Å². The van der Waals surface area contributed by atoms with Crippen molar-refractivity contribution in [2.45, 2.75) is 44.6 Å². The molecule has 160 valence electrons. The van der Waals surface area contributed by atoms with Gasteiger partial charge in [0.25, 0.3) is 0 Å². The Morgan fingerprint density at radius 3 is 2.40 bits per heavy atom. The standard InChI is InChI=1S/C25H32FN3O/c26-22-11-9-20(10-12-22)18-21-13-16-28(17-14-21)19-24-8-4-5-15-29(24)25(30)27-23-6-2-1-3-7-23/h1-3,6-7,9-12,21,24H,4-5,8,13-19H2,(H,27,30). The van der Waals surface area contributed by atoms with Crippen LogP contribution in [0.1, 0.15) is 37.7 Å². The van der Waals surface area contributed by atoms with Gasteiger partial charge in [0.15, 0.2) is 0 Å². The number of urea groups is 1. The molecule has 2 aliphatic heterocycles. The van der Waals surface area contributed by atoms with Gasteiger partial charge in [-0.1, -0.05) is 30.3 Å². The predicted molar refractivity (Wildman–Crippen MR) is 119 cm³/mol. The maximum absolute atomic E-state index is 13.1. The topological polar surface area (TPSA) is 35.6 Å². The van der Waals surface area contributed by atoms with E-state index in [1.54, 1.807) is 12.1 Å². The number of nitrogens with zero attached hydrogens (tertiary/aromatic N) is 2. The van der Waals surface area contributed by atoms with Crippen molar-refractivity contribution in [2.75, 3.05) is 31.5 Å². The van der Waals surface area contributed by atoms with Crippen molar-refractivity contribution in [1.82, 2.24) is 9.80 Å². The molecule has 30 heavy (non-hydrogen) atoms. The lowest BCUT2D eigenvalue weighted by Crippen LogP contribution is -2.52. The molecule has 0 saturated carbocycles. The fourth-order valence-electron chi connectivity index (χ4n) is 4.80. The molecule has 2 aliphatic rings. The number of carbonyl (C=O) groups excluding carboxylic acids is 1. The molecule has 1 unspecified atom stereocenters. The predicted octanol–water partition coefficient (Wildman–Crippen LogP) is 5.17. The maximum atomic E-state index is 13.1. The molecule has 4 nitrogen and oxygen atoms in total. The molecule has 1 atom stereocenters. The fraction of sp³-hybridized carbons (Fsp3) is 0.480. The lowest BCUT2D eigenvalue weighted by atomic mass is 9.89. The first kappa shape index (κ1) is 20.9. The van der Waals surface area contributed by atoms with Gasteiger partial charge in [0.05, 0.1) is 0 Å². The van der Waals surface area contributed by atoms with E-state index in [2.05, 4.69) is 10.2 Å². The summed E-state index contributed by atoms with van der Waals surface area (Å²) in [7, 11) is 0. The van der Waals surface area contributed by atoms with E-state index < -0.39 is 0 Å². The first-order chi connectivity index (χ1) is 14.7. The Labute approximate surface area is 179 Å². The highest BCUT2D eigenvalue weighted by Crippen LogP contribution is 2.25. The zero-order chi connectivity index (χ0) is 20.8. The van der Waals surface area contributed by atoms with E-state index in [1.807, 2.05) is 47.4 Å². The number of likely N-dealkylation sites (tertiary alicyclic amines) is 2. The lowest BCUT2D eigenvalue weighted by molar-refractivity contribution is 0.106. The van der Waals surface area contributed by atoms with Gasteiger partial charge in [-0.05, 0) is 87.4 Å². The number of rotatable bonds is 5. The third-order valence-corrected chi connectivity index (χ3v) is 6.53. The minimum absolute atomic E-state index is 0.0251. The number of para-hydroxylation sites is 1. The summed E-state index contributed by atoms with van der Waals surface area (Å²) in [5.41, 5.74) is 2.08.